The van der Waals surface area contributed by atoms with E-state index in [-0.39, 0.29) is 6.09 Å². The standard InChI is InChI=1S/C9H12BrN3O2/c10-8-6-11-13(7-8)15-9(14)12-4-2-1-3-5-12/h6-7H,1-5H2. The lowest BCUT2D eigenvalue weighted by Gasteiger charge is -2.24. The van der Waals surface area contributed by atoms with Crippen LogP contribution in [-0.2, 0) is 0 Å². The molecule has 0 unspecified atom stereocenters. The SMILES string of the molecule is O=C(On1cc(Br)cn1)N1CCCCC1. The molecule has 0 aliphatic carbocycles. The van der Waals surface area contributed by atoms with Crippen LogP contribution in [0.4, 0.5) is 4.79 Å². The Labute approximate surface area is 96.1 Å². The van der Waals surface area contributed by atoms with Gasteiger partial charge in [0.25, 0.3) is 0 Å². The van der Waals surface area contributed by atoms with Crippen LogP contribution in [0.2, 0.25) is 0 Å². The molecule has 1 fully saturated rings. The number of aromatic nitrogens is 2. The second kappa shape index (κ2) is 4.65. The van der Waals surface area contributed by atoms with Crippen LogP contribution in [0.15, 0.2) is 16.9 Å². The van der Waals surface area contributed by atoms with Gasteiger partial charge in [0.2, 0.25) is 0 Å². The van der Waals surface area contributed by atoms with Crippen molar-refractivity contribution in [2.45, 2.75) is 19.3 Å². The van der Waals surface area contributed by atoms with E-state index in [9.17, 15) is 4.79 Å². The molecule has 1 amide bonds. The number of amides is 1. The third-order valence-corrected chi connectivity index (χ3v) is 2.72. The molecule has 0 saturated carbocycles. The molecule has 0 radical (unpaired) electrons. The summed E-state index contributed by atoms with van der Waals surface area (Å²) in [7, 11) is 0. The van der Waals surface area contributed by atoms with E-state index in [1.807, 2.05) is 0 Å². The smallest absolute Gasteiger partial charge is 0.306 e. The number of nitrogens with zero attached hydrogens (tertiary/aromatic N) is 3. The topological polar surface area (TPSA) is 47.4 Å². The Morgan fingerprint density at radius 1 is 1.40 bits per heavy atom. The number of rotatable bonds is 1. The molecule has 0 bridgehead atoms. The fraction of sp³-hybridized carbons (Fsp3) is 0.556. The van der Waals surface area contributed by atoms with Crippen LogP contribution in [0, 0.1) is 0 Å². The van der Waals surface area contributed by atoms with Crippen LogP contribution >= 0.6 is 15.9 Å². The van der Waals surface area contributed by atoms with E-state index >= 15 is 0 Å². The molecular weight excluding hydrogens is 262 g/mol. The second-order valence-electron chi connectivity index (χ2n) is 3.47. The summed E-state index contributed by atoms with van der Waals surface area (Å²) in [5.41, 5.74) is 0. The number of halogens is 1. The van der Waals surface area contributed by atoms with Crippen molar-refractivity contribution in [2.24, 2.45) is 0 Å². The predicted molar refractivity (Wildman–Crippen MR) is 57.3 cm³/mol. The lowest BCUT2D eigenvalue weighted by molar-refractivity contribution is 0.0730. The molecule has 0 aromatic carbocycles. The van der Waals surface area contributed by atoms with Gasteiger partial charge in [-0.3, -0.25) is 4.84 Å². The summed E-state index contributed by atoms with van der Waals surface area (Å²) in [6, 6.07) is 0. The summed E-state index contributed by atoms with van der Waals surface area (Å²) in [6.45, 7) is 1.56. The first-order valence-electron chi connectivity index (χ1n) is 4.93. The lowest BCUT2D eigenvalue weighted by atomic mass is 10.1. The Morgan fingerprint density at radius 3 is 2.73 bits per heavy atom. The third-order valence-electron chi connectivity index (χ3n) is 2.31. The molecule has 1 aromatic rings. The van der Waals surface area contributed by atoms with E-state index in [1.165, 1.54) is 11.3 Å². The van der Waals surface area contributed by atoms with Crippen LogP contribution in [0.1, 0.15) is 19.3 Å². The molecule has 0 spiro atoms. The Balaban J connectivity index is 1.91. The van der Waals surface area contributed by atoms with E-state index in [0.29, 0.717) is 0 Å². The minimum atomic E-state index is -0.328. The molecule has 15 heavy (non-hydrogen) atoms. The highest BCUT2D eigenvalue weighted by Crippen LogP contribution is 2.09. The largest absolute Gasteiger partial charge is 0.435 e. The molecule has 6 heteroatoms. The van der Waals surface area contributed by atoms with Gasteiger partial charge >= 0.3 is 6.09 Å². The number of carbonyl (C=O) groups is 1. The highest BCUT2D eigenvalue weighted by atomic mass is 79.9. The summed E-state index contributed by atoms with van der Waals surface area (Å²) in [4.78, 5) is 19.5. The van der Waals surface area contributed by atoms with Gasteiger partial charge in [0.1, 0.15) is 0 Å². The average Bonchev–Trinajstić information content (AvgIpc) is 2.65. The van der Waals surface area contributed by atoms with Crippen molar-refractivity contribution < 1.29 is 9.63 Å². The Kier molecular flexibility index (Phi) is 3.25. The number of likely N-dealkylation sites (tertiary alicyclic amines) is 1. The van der Waals surface area contributed by atoms with Crippen molar-refractivity contribution in [3.8, 4) is 0 Å². The normalized spacial score (nSPS) is 16.5. The van der Waals surface area contributed by atoms with Gasteiger partial charge < -0.3 is 4.90 Å². The number of hydrogen-bond donors (Lipinski definition) is 0. The van der Waals surface area contributed by atoms with Crippen LogP contribution < -0.4 is 4.84 Å². The van der Waals surface area contributed by atoms with Crippen molar-refractivity contribution in [1.82, 2.24) is 14.8 Å². The first-order chi connectivity index (χ1) is 7.25. The van der Waals surface area contributed by atoms with E-state index in [0.717, 1.165) is 30.4 Å². The first kappa shape index (κ1) is 10.5. The van der Waals surface area contributed by atoms with E-state index in [4.69, 9.17) is 4.84 Å². The van der Waals surface area contributed by atoms with Gasteiger partial charge in [-0.25, -0.2) is 4.79 Å². The monoisotopic (exact) mass is 273 g/mol. The molecule has 1 aliphatic heterocycles. The molecule has 1 saturated heterocycles. The predicted octanol–water partition coefficient (Wildman–Crippen LogP) is 1.68. The summed E-state index contributed by atoms with van der Waals surface area (Å²) >= 11 is 3.23. The van der Waals surface area contributed by atoms with E-state index < -0.39 is 0 Å². The third kappa shape index (κ3) is 2.71. The van der Waals surface area contributed by atoms with Gasteiger partial charge in [-0.15, -0.1) is 5.10 Å². The summed E-state index contributed by atoms with van der Waals surface area (Å²) in [5.74, 6) is 0. The number of piperidine rings is 1. The Morgan fingerprint density at radius 2 is 2.13 bits per heavy atom. The van der Waals surface area contributed by atoms with Gasteiger partial charge in [-0.05, 0) is 35.2 Å². The van der Waals surface area contributed by atoms with E-state index in [2.05, 4.69) is 21.0 Å². The second-order valence-corrected chi connectivity index (χ2v) is 4.38. The average molecular weight is 274 g/mol. The van der Waals surface area contributed by atoms with E-state index in [1.54, 1.807) is 17.3 Å². The zero-order valence-electron chi connectivity index (χ0n) is 8.23. The van der Waals surface area contributed by atoms with Crippen molar-refractivity contribution in [3.05, 3.63) is 16.9 Å². The highest BCUT2D eigenvalue weighted by Gasteiger charge is 2.18. The maximum atomic E-state index is 11.6. The quantitative estimate of drug-likeness (QED) is 0.782. The maximum Gasteiger partial charge on any atom is 0.435 e. The molecule has 0 atom stereocenters. The van der Waals surface area contributed by atoms with Crippen LogP contribution in [0.25, 0.3) is 0 Å². The summed E-state index contributed by atoms with van der Waals surface area (Å²) in [6.07, 6.45) is 6.14. The molecule has 1 aliphatic rings. The van der Waals surface area contributed by atoms with Crippen LogP contribution in [0.5, 0.6) is 0 Å². The molecule has 2 rings (SSSR count). The minimum Gasteiger partial charge on any atom is -0.306 e. The zero-order valence-corrected chi connectivity index (χ0v) is 9.81. The lowest BCUT2D eigenvalue weighted by Crippen LogP contribution is -2.40. The highest BCUT2D eigenvalue weighted by molar-refractivity contribution is 9.10. The zero-order chi connectivity index (χ0) is 10.7. The van der Waals surface area contributed by atoms with Gasteiger partial charge in [-0.2, -0.15) is 0 Å². The molecule has 2 heterocycles. The summed E-state index contributed by atoms with van der Waals surface area (Å²) < 4.78 is 0.786. The minimum absolute atomic E-state index is 0.328. The molecule has 82 valence electrons. The van der Waals surface area contributed by atoms with Crippen LogP contribution in [0.3, 0.4) is 0 Å². The van der Waals surface area contributed by atoms with Gasteiger partial charge in [0.05, 0.1) is 16.9 Å². The molecular formula is C9H12BrN3O2. The first-order valence-corrected chi connectivity index (χ1v) is 5.72. The van der Waals surface area contributed by atoms with Crippen LogP contribution in [-0.4, -0.2) is 34.0 Å². The Hall–Kier alpha value is -1.04. The van der Waals surface area contributed by atoms with Crippen molar-refractivity contribution in [2.75, 3.05) is 13.1 Å². The fourth-order valence-electron chi connectivity index (χ4n) is 1.55. The number of carbonyl (C=O) groups excluding carboxylic acids is 1. The van der Waals surface area contributed by atoms with Crippen molar-refractivity contribution >= 4 is 22.0 Å². The molecule has 5 nitrogen and oxygen atoms in total. The Bertz CT molecular complexity index is 347. The van der Waals surface area contributed by atoms with Gasteiger partial charge in [0, 0.05) is 13.1 Å². The van der Waals surface area contributed by atoms with Crippen molar-refractivity contribution in [3.63, 3.8) is 0 Å². The maximum absolute atomic E-state index is 11.6. The fourth-order valence-corrected chi connectivity index (χ4v) is 1.82. The van der Waals surface area contributed by atoms with Gasteiger partial charge in [-0.1, -0.05) is 4.85 Å². The van der Waals surface area contributed by atoms with Crippen molar-refractivity contribution in [1.29, 1.82) is 0 Å². The molecule has 0 N–H and O–H groups in total. The van der Waals surface area contributed by atoms with Gasteiger partial charge in [0.15, 0.2) is 0 Å². The number of hydrogen-bond acceptors (Lipinski definition) is 3. The summed E-state index contributed by atoms with van der Waals surface area (Å²) in [5, 5.41) is 3.85. The molecule has 1 aromatic heterocycles.